The molecule has 25 heavy (non-hydrogen) atoms. The summed E-state index contributed by atoms with van der Waals surface area (Å²) in [6.45, 7) is 15.2. The van der Waals surface area contributed by atoms with Crippen LogP contribution >= 0.6 is 0 Å². The third kappa shape index (κ3) is 2.16. The molecule has 4 rings (SSSR count). The van der Waals surface area contributed by atoms with Crippen molar-refractivity contribution in [3.05, 3.63) is 11.6 Å². The van der Waals surface area contributed by atoms with E-state index in [1.54, 1.807) is 0 Å². The number of rotatable bonds is 0. The summed E-state index contributed by atoms with van der Waals surface area (Å²) in [5, 5.41) is 0. The number of fused-ring (bicyclic) bond motifs is 5. The van der Waals surface area contributed by atoms with Gasteiger partial charge in [0.15, 0.2) is 5.78 Å². The molecule has 3 fully saturated rings. The quantitative estimate of drug-likeness (QED) is 0.486. The van der Waals surface area contributed by atoms with Crippen molar-refractivity contribution in [2.45, 2.75) is 92.9 Å². The Morgan fingerprint density at radius 3 is 2.28 bits per heavy atom. The highest BCUT2D eigenvalue weighted by molar-refractivity contribution is 5.91. The highest BCUT2D eigenvalue weighted by atomic mass is 16.1. The lowest BCUT2D eigenvalue weighted by Crippen LogP contribution is -2.54. The Bertz CT molecular complexity index is 622. The second-order valence-corrected chi connectivity index (χ2v) is 11.5. The standard InChI is InChI=1S/C24H38O/c1-21(2,3)24(6)14-11-20-18-8-7-16-15-17(25)9-12-22(16,4)19(18)10-13-23(20,24)5/h15,18-20H,7-14H2,1-6H3/t18?,19-,20-,22-,23-,24+/m0/s1. The summed E-state index contributed by atoms with van der Waals surface area (Å²) in [5.74, 6) is 2.98. The van der Waals surface area contributed by atoms with Crippen molar-refractivity contribution in [3.63, 3.8) is 0 Å². The lowest BCUT2D eigenvalue weighted by molar-refractivity contribution is -0.121. The highest BCUT2D eigenvalue weighted by Gasteiger charge is 2.64. The van der Waals surface area contributed by atoms with E-state index in [-0.39, 0.29) is 0 Å². The van der Waals surface area contributed by atoms with Gasteiger partial charge in [0.2, 0.25) is 0 Å². The number of carbonyl (C=O) groups excluding carboxylic acids is 1. The van der Waals surface area contributed by atoms with Crippen LogP contribution in [0.2, 0.25) is 0 Å². The molecular formula is C24H38O. The van der Waals surface area contributed by atoms with Gasteiger partial charge in [-0.3, -0.25) is 4.79 Å². The van der Waals surface area contributed by atoms with Gasteiger partial charge >= 0.3 is 0 Å². The third-order valence-electron chi connectivity index (χ3n) is 10.2. The van der Waals surface area contributed by atoms with Crippen LogP contribution in [0.5, 0.6) is 0 Å². The van der Waals surface area contributed by atoms with E-state index in [9.17, 15) is 4.79 Å². The van der Waals surface area contributed by atoms with Crippen LogP contribution in [0.4, 0.5) is 0 Å². The molecule has 1 heteroatoms. The molecule has 0 spiro atoms. The molecule has 0 saturated heterocycles. The first-order valence-electron chi connectivity index (χ1n) is 10.8. The zero-order chi connectivity index (χ0) is 18.3. The zero-order valence-electron chi connectivity index (χ0n) is 17.4. The second kappa shape index (κ2) is 5.23. The highest BCUT2D eigenvalue weighted by Crippen LogP contribution is 2.73. The summed E-state index contributed by atoms with van der Waals surface area (Å²) in [6, 6.07) is 0. The summed E-state index contributed by atoms with van der Waals surface area (Å²) >= 11 is 0. The Morgan fingerprint density at radius 1 is 0.920 bits per heavy atom. The number of ketones is 1. The van der Waals surface area contributed by atoms with E-state index in [0.29, 0.717) is 27.4 Å². The van der Waals surface area contributed by atoms with Crippen LogP contribution < -0.4 is 0 Å². The summed E-state index contributed by atoms with van der Waals surface area (Å²) in [4.78, 5) is 12.0. The topological polar surface area (TPSA) is 17.1 Å². The van der Waals surface area contributed by atoms with E-state index in [2.05, 4.69) is 41.5 Å². The van der Waals surface area contributed by atoms with E-state index in [4.69, 9.17) is 0 Å². The van der Waals surface area contributed by atoms with E-state index in [0.717, 1.165) is 30.6 Å². The molecule has 0 bridgehead atoms. The fraction of sp³-hybridized carbons (Fsp3) is 0.875. The Labute approximate surface area is 155 Å². The maximum Gasteiger partial charge on any atom is 0.155 e. The van der Waals surface area contributed by atoms with Gasteiger partial charge < -0.3 is 0 Å². The van der Waals surface area contributed by atoms with Gasteiger partial charge in [-0.2, -0.15) is 0 Å². The van der Waals surface area contributed by atoms with Crippen LogP contribution in [0.25, 0.3) is 0 Å². The molecule has 0 aliphatic heterocycles. The molecule has 0 aromatic carbocycles. The summed E-state index contributed by atoms with van der Waals surface area (Å²) in [7, 11) is 0. The third-order valence-corrected chi connectivity index (χ3v) is 10.2. The minimum absolute atomic E-state index is 0.318. The number of hydrogen-bond acceptors (Lipinski definition) is 1. The summed E-state index contributed by atoms with van der Waals surface area (Å²) < 4.78 is 0. The van der Waals surface area contributed by atoms with E-state index in [1.807, 2.05) is 6.08 Å². The van der Waals surface area contributed by atoms with E-state index >= 15 is 0 Å². The predicted octanol–water partition coefficient (Wildman–Crippen LogP) is 6.57. The summed E-state index contributed by atoms with van der Waals surface area (Å²) in [6.07, 6.45) is 12.1. The van der Waals surface area contributed by atoms with Gasteiger partial charge in [-0.1, -0.05) is 47.1 Å². The smallest absolute Gasteiger partial charge is 0.155 e. The minimum Gasteiger partial charge on any atom is -0.295 e. The SMILES string of the molecule is CC(C)(C)[C@@]1(C)CC[C@H]2C3CCC4=CC(=O)CC[C@]4(C)[C@H]3CC[C@@]21C. The molecule has 0 aromatic rings. The predicted molar refractivity (Wildman–Crippen MR) is 104 cm³/mol. The van der Waals surface area contributed by atoms with Crippen LogP contribution in [0, 0.1) is 39.4 Å². The molecule has 140 valence electrons. The second-order valence-electron chi connectivity index (χ2n) is 11.5. The van der Waals surface area contributed by atoms with Crippen molar-refractivity contribution in [2.24, 2.45) is 39.4 Å². The number of carbonyl (C=O) groups is 1. The molecule has 0 N–H and O–H groups in total. The van der Waals surface area contributed by atoms with Crippen LogP contribution in [0.1, 0.15) is 92.9 Å². The molecule has 4 aliphatic rings. The van der Waals surface area contributed by atoms with Gasteiger partial charge in [0.25, 0.3) is 0 Å². The molecule has 0 aromatic heterocycles. The minimum atomic E-state index is 0.318. The van der Waals surface area contributed by atoms with Gasteiger partial charge in [0, 0.05) is 6.42 Å². The molecule has 3 saturated carbocycles. The molecule has 0 amide bonds. The van der Waals surface area contributed by atoms with Gasteiger partial charge in [-0.05, 0) is 90.4 Å². The van der Waals surface area contributed by atoms with Crippen molar-refractivity contribution < 1.29 is 4.79 Å². The first-order valence-corrected chi connectivity index (χ1v) is 10.8. The number of hydrogen-bond donors (Lipinski definition) is 0. The van der Waals surface area contributed by atoms with Crippen molar-refractivity contribution in [3.8, 4) is 0 Å². The molecular weight excluding hydrogens is 304 g/mol. The first-order chi connectivity index (χ1) is 11.5. The Hall–Kier alpha value is -0.590. The molecule has 6 atom stereocenters. The van der Waals surface area contributed by atoms with Crippen molar-refractivity contribution in [1.29, 1.82) is 0 Å². The Morgan fingerprint density at radius 2 is 1.60 bits per heavy atom. The fourth-order valence-corrected chi connectivity index (χ4v) is 8.06. The molecule has 1 unspecified atom stereocenters. The maximum atomic E-state index is 12.0. The molecule has 1 nitrogen and oxygen atoms in total. The average Bonchev–Trinajstić information content (AvgIpc) is 2.81. The van der Waals surface area contributed by atoms with Crippen molar-refractivity contribution in [2.75, 3.05) is 0 Å². The molecule has 0 radical (unpaired) electrons. The van der Waals surface area contributed by atoms with Gasteiger partial charge in [-0.15, -0.1) is 0 Å². The molecule has 4 aliphatic carbocycles. The molecule has 0 heterocycles. The number of allylic oxidation sites excluding steroid dienone is 1. The monoisotopic (exact) mass is 342 g/mol. The van der Waals surface area contributed by atoms with Gasteiger partial charge in [0.1, 0.15) is 0 Å². The summed E-state index contributed by atoms with van der Waals surface area (Å²) in [5.41, 5.74) is 3.15. The van der Waals surface area contributed by atoms with Crippen molar-refractivity contribution in [1.82, 2.24) is 0 Å². The van der Waals surface area contributed by atoms with Gasteiger partial charge in [-0.25, -0.2) is 0 Å². The van der Waals surface area contributed by atoms with Gasteiger partial charge in [0.05, 0.1) is 0 Å². The van der Waals surface area contributed by atoms with E-state index in [1.165, 1.54) is 44.1 Å². The van der Waals surface area contributed by atoms with Crippen molar-refractivity contribution >= 4 is 5.78 Å². The van der Waals surface area contributed by atoms with Crippen LogP contribution in [-0.2, 0) is 4.79 Å². The Balaban J connectivity index is 1.70. The normalized spacial score (nSPS) is 49.9. The lowest BCUT2D eigenvalue weighted by atomic mass is 9.43. The Kier molecular flexibility index (Phi) is 3.73. The first kappa shape index (κ1) is 17.8. The lowest BCUT2D eigenvalue weighted by Gasteiger charge is -2.61. The average molecular weight is 343 g/mol. The van der Waals surface area contributed by atoms with Crippen LogP contribution in [0.15, 0.2) is 11.6 Å². The zero-order valence-corrected chi connectivity index (χ0v) is 17.4. The largest absolute Gasteiger partial charge is 0.295 e. The fourth-order valence-electron chi connectivity index (χ4n) is 8.06. The van der Waals surface area contributed by atoms with E-state index < -0.39 is 0 Å². The van der Waals surface area contributed by atoms with Crippen LogP contribution in [-0.4, -0.2) is 5.78 Å². The maximum absolute atomic E-state index is 12.0. The van der Waals surface area contributed by atoms with Crippen LogP contribution in [0.3, 0.4) is 0 Å².